The minimum absolute atomic E-state index is 0.280. The van der Waals surface area contributed by atoms with Crippen LogP contribution in [-0.4, -0.2) is 63.8 Å². The molecule has 1 aliphatic heterocycles. The van der Waals surface area contributed by atoms with E-state index >= 15 is 0 Å². The minimum atomic E-state index is -1.06. The maximum Gasteiger partial charge on any atom is 0.327 e. The third kappa shape index (κ3) is 4.28. The van der Waals surface area contributed by atoms with Crippen molar-refractivity contribution >= 4 is 45.4 Å². The number of benzene rings is 1. The number of fused-ring (bicyclic) bond motifs is 1. The Morgan fingerprint density at radius 1 is 1.33 bits per heavy atom. The summed E-state index contributed by atoms with van der Waals surface area (Å²) < 4.78 is 6.20. The van der Waals surface area contributed by atoms with Gasteiger partial charge in [-0.15, -0.1) is 11.3 Å². The number of hydrogen-bond donors (Lipinski definition) is 1. The Bertz CT molecular complexity index is 973. The van der Waals surface area contributed by atoms with Crippen LogP contribution in [0, 0.1) is 0 Å². The molecular formula is C20H24N4O5S. The van der Waals surface area contributed by atoms with Crippen molar-refractivity contribution in [3.63, 3.8) is 0 Å². The first kappa shape index (κ1) is 21.7. The maximum absolute atomic E-state index is 12.6. The van der Waals surface area contributed by atoms with Crippen molar-refractivity contribution in [3.05, 3.63) is 29.3 Å². The molecule has 1 N–H and O–H groups in total. The van der Waals surface area contributed by atoms with Gasteiger partial charge in [0.2, 0.25) is 0 Å². The molecule has 0 spiro atoms. The van der Waals surface area contributed by atoms with E-state index in [-0.39, 0.29) is 6.54 Å². The molecule has 30 heavy (non-hydrogen) atoms. The normalized spacial score (nSPS) is 19.7. The van der Waals surface area contributed by atoms with E-state index in [1.54, 1.807) is 20.9 Å². The summed E-state index contributed by atoms with van der Waals surface area (Å²) in [5.41, 5.74) is -0.165. The molecular weight excluding hydrogens is 408 g/mol. The van der Waals surface area contributed by atoms with Gasteiger partial charge in [0.1, 0.15) is 17.1 Å². The number of urea groups is 1. The van der Waals surface area contributed by atoms with Gasteiger partial charge >= 0.3 is 12.0 Å². The number of nitrogens with zero attached hydrogens (tertiary/aromatic N) is 3. The number of hydrogen-bond acceptors (Lipinski definition) is 7. The van der Waals surface area contributed by atoms with Gasteiger partial charge in [-0.2, -0.15) is 0 Å². The quantitative estimate of drug-likeness (QED) is 0.529. The van der Waals surface area contributed by atoms with Crippen LogP contribution in [0.4, 0.5) is 4.79 Å². The van der Waals surface area contributed by atoms with Crippen LogP contribution < -0.4 is 5.32 Å². The van der Waals surface area contributed by atoms with Gasteiger partial charge in [-0.3, -0.25) is 19.3 Å². The van der Waals surface area contributed by atoms with Crippen LogP contribution in [0.15, 0.2) is 24.3 Å². The molecule has 9 nitrogen and oxygen atoms in total. The van der Waals surface area contributed by atoms with Crippen LogP contribution in [0.25, 0.3) is 10.2 Å². The number of imide groups is 1. The molecule has 0 radical (unpaired) electrons. The van der Waals surface area contributed by atoms with Crippen molar-refractivity contribution in [2.24, 2.45) is 0 Å². The summed E-state index contributed by atoms with van der Waals surface area (Å²) in [6.45, 7) is 4.56. The van der Waals surface area contributed by atoms with Crippen molar-refractivity contribution in [2.45, 2.75) is 45.4 Å². The standard InChI is InChI=1S/C20H24N4O5S/c1-5-20(3)18(27)24(19(28)22-20)11-16(25)29-12(2)17(26)23(4)10-15-21-13-8-6-7-9-14(13)30-15/h6-9,12H,5,10-11H2,1-4H3,(H,22,28). The summed E-state index contributed by atoms with van der Waals surface area (Å²) in [5.74, 6) is -1.72. The number of carbonyl (C=O) groups is 4. The fourth-order valence-corrected chi connectivity index (χ4v) is 4.14. The van der Waals surface area contributed by atoms with Crippen molar-refractivity contribution in [3.8, 4) is 0 Å². The summed E-state index contributed by atoms with van der Waals surface area (Å²) in [4.78, 5) is 55.9. The Balaban J connectivity index is 1.56. The van der Waals surface area contributed by atoms with Crippen LogP contribution in [-0.2, 0) is 25.7 Å². The van der Waals surface area contributed by atoms with E-state index < -0.39 is 42.0 Å². The number of aromatic nitrogens is 1. The molecule has 0 bridgehead atoms. The molecule has 1 fully saturated rings. The van der Waals surface area contributed by atoms with Crippen LogP contribution in [0.3, 0.4) is 0 Å². The predicted molar refractivity (Wildman–Crippen MR) is 111 cm³/mol. The van der Waals surface area contributed by atoms with Crippen LogP contribution >= 0.6 is 11.3 Å². The minimum Gasteiger partial charge on any atom is -0.451 e. The zero-order valence-electron chi connectivity index (χ0n) is 17.3. The number of amides is 4. The fraction of sp³-hybridized carbons (Fsp3) is 0.450. The number of ether oxygens (including phenoxy) is 1. The highest BCUT2D eigenvalue weighted by Gasteiger charge is 2.47. The smallest absolute Gasteiger partial charge is 0.327 e. The van der Waals surface area contributed by atoms with Gasteiger partial charge in [-0.1, -0.05) is 19.1 Å². The topological polar surface area (TPSA) is 109 Å². The molecule has 2 heterocycles. The molecule has 4 amide bonds. The summed E-state index contributed by atoms with van der Waals surface area (Å²) in [5, 5.41) is 3.33. The lowest BCUT2D eigenvalue weighted by molar-refractivity contribution is -0.160. The summed E-state index contributed by atoms with van der Waals surface area (Å²) >= 11 is 1.49. The van der Waals surface area contributed by atoms with Crippen LogP contribution in [0.1, 0.15) is 32.2 Å². The van der Waals surface area contributed by atoms with E-state index in [0.29, 0.717) is 6.42 Å². The Hall–Kier alpha value is -3.01. The van der Waals surface area contributed by atoms with Crippen molar-refractivity contribution in [2.75, 3.05) is 13.6 Å². The van der Waals surface area contributed by atoms with Gasteiger partial charge in [0.25, 0.3) is 11.8 Å². The number of esters is 1. The lowest BCUT2D eigenvalue weighted by atomic mass is 9.99. The van der Waals surface area contributed by atoms with Crippen LogP contribution in [0.5, 0.6) is 0 Å². The van der Waals surface area contributed by atoms with Gasteiger partial charge in [0.15, 0.2) is 6.10 Å². The number of thiazole rings is 1. The van der Waals surface area contributed by atoms with E-state index in [4.69, 9.17) is 4.74 Å². The first-order chi connectivity index (χ1) is 14.1. The van der Waals surface area contributed by atoms with Crippen molar-refractivity contribution in [1.29, 1.82) is 0 Å². The highest BCUT2D eigenvalue weighted by atomic mass is 32.1. The summed E-state index contributed by atoms with van der Waals surface area (Å²) in [7, 11) is 1.60. The van der Waals surface area contributed by atoms with Gasteiger partial charge < -0.3 is 15.0 Å². The number of para-hydroxylation sites is 1. The highest BCUT2D eigenvalue weighted by Crippen LogP contribution is 2.23. The first-order valence-electron chi connectivity index (χ1n) is 9.57. The molecule has 2 atom stereocenters. The summed E-state index contributed by atoms with van der Waals surface area (Å²) in [6, 6.07) is 7.04. The molecule has 1 saturated heterocycles. The Labute approximate surface area is 178 Å². The van der Waals surface area contributed by atoms with Gasteiger partial charge in [0, 0.05) is 7.05 Å². The molecule has 0 saturated carbocycles. The molecule has 1 aromatic heterocycles. The predicted octanol–water partition coefficient (Wildman–Crippen LogP) is 1.91. The molecule has 0 aliphatic carbocycles. The molecule has 2 unspecified atom stereocenters. The Morgan fingerprint density at radius 2 is 2.03 bits per heavy atom. The summed E-state index contributed by atoms with van der Waals surface area (Å²) in [6.07, 6.45) is -0.663. The molecule has 2 aromatic rings. The highest BCUT2D eigenvalue weighted by molar-refractivity contribution is 7.18. The number of nitrogens with one attached hydrogen (secondary N) is 1. The first-order valence-corrected chi connectivity index (χ1v) is 10.4. The monoisotopic (exact) mass is 432 g/mol. The molecule has 1 aliphatic rings. The Morgan fingerprint density at radius 3 is 2.67 bits per heavy atom. The maximum atomic E-state index is 12.6. The van der Waals surface area contributed by atoms with E-state index in [0.717, 1.165) is 20.1 Å². The average molecular weight is 433 g/mol. The SMILES string of the molecule is CCC1(C)NC(=O)N(CC(=O)OC(C)C(=O)N(C)Cc2nc3ccccc3s2)C1=O. The molecule has 160 valence electrons. The molecule has 1 aromatic carbocycles. The largest absolute Gasteiger partial charge is 0.451 e. The Kier molecular flexibility index (Phi) is 6.06. The van der Waals surface area contributed by atoms with Crippen molar-refractivity contribution in [1.82, 2.24) is 20.1 Å². The third-order valence-electron chi connectivity index (χ3n) is 5.08. The lowest BCUT2D eigenvalue weighted by Gasteiger charge is -2.22. The number of likely N-dealkylation sites (N-methyl/N-ethyl adjacent to an activating group) is 1. The fourth-order valence-electron chi connectivity index (χ4n) is 3.12. The van der Waals surface area contributed by atoms with Crippen LogP contribution in [0.2, 0.25) is 0 Å². The number of carbonyl (C=O) groups excluding carboxylic acids is 4. The van der Waals surface area contributed by atoms with E-state index in [1.165, 1.54) is 23.2 Å². The van der Waals surface area contributed by atoms with Gasteiger partial charge in [0.05, 0.1) is 16.8 Å². The second kappa shape index (κ2) is 8.39. The third-order valence-corrected chi connectivity index (χ3v) is 6.10. The second-order valence-electron chi connectivity index (χ2n) is 7.41. The number of rotatable bonds is 7. The second-order valence-corrected chi connectivity index (χ2v) is 8.52. The zero-order chi connectivity index (χ0) is 22.1. The lowest BCUT2D eigenvalue weighted by Crippen LogP contribution is -2.44. The van der Waals surface area contributed by atoms with E-state index in [1.807, 2.05) is 24.3 Å². The van der Waals surface area contributed by atoms with Gasteiger partial charge in [-0.05, 0) is 32.4 Å². The van der Waals surface area contributed by atoms with E-state index in [2.05, 4.69) is 10.3 Å². The molecule has 10 heteroatoms. The zero-order valence-corrected chi connectivity index (χ0v) is 18.1. The molecule has 3 rings (SSSR count). The van der Waals surface area contributed by atoms with Crippen molar-refractivity contribution < 1.29 is 23.9 Å². The van der Waals surface area contributed by atoms with Gasteiger partial charge in [-0.25, -0.2) is 9.78 Å². The average Bonchev–Trinajstić information content (AvgIpc) is 3.20. The van der Waals surface area contributed by atoms with E-state index in [9.17, 15) is 19.2 Å².